The first kappa shape index (κ1) is 14.5. The highest BCUT2D eigenvalue weighted by atomic mass is 79.9. The molecule has 0 aliphatic carbocycles. The second kappa shape index (κ2) is 6.52. The zero-order valence-electron chi connectivity index (χ0n) is 11.3. The summed E-state index contributed by atoms with van der Waals surface area (Å²) in [4.78, 5) is 12.0. The van der Waals surface area contributed by atoms with Crippen molar-refractivity contribution in [2.75, 3.05) is 0 Å². The summed E-state index contributed by atoms with van der Waals surface area (Å²) in [6, 6.07) is 9.71. The molecule has 5 heteroatoms. The quantitative estimate of drug-likeness (QED) is 0.804. The monoisotopic (exact) mass is 334 g/mol. The predicted octanol–water partition coefficient (Wildman–Crippen LogP) is 3.47. The number of rotatable bonds is 4. The lowest BCUT2D eigenvalue weighted by Gasteiger charge is -2.11. The molecule has 0 unspecified atom stereocenters. The minimum Gasteiger partial charge on any atom is -0.454 e. The van der Waals surface area contributed by atoms with Gasteiger partial charge in [-0.3, -0.25) is 4.79 Å². The first-order chi connectivity index (χ1) is 9.67. The molecule has 2 aromatic rings. The lowest BCUT2D eigenvalue weighted by atomic mass is 10.2. The van der Waals surface area contributed by atoms with Gasteiger partial charge in [0.15, 0.2) is 5.75 Å². The molecule has 1 aromatic heterocycles. The third-order valence-corrected chi connectivity index (χ3v) is 3.52. The van der Waals surface area contributed by atoms with E-state index in [9.17, 15) is 4.79 Å². The van der Waals surface area contributed by atoms with Crippen molar-refractivity contribution in [1.82, 2.24) is 9.78 Å². The second-order valence-corrected chi connectivity index (χ2v) is 4.86. The minimum atomic E-state index is -0.200. The smallest absolute Gasteiger partial charge is 0.284 e. The summed E-state index contributed by atoms with van der Waals surface area (Å²) in [5.41, 5.74) is 0.745. The standard InChI is InChI=1S/C15H15BrN2O2/c1-3-12(11-8-6-5-7-9-11)20-13-10-17-18(4-2)15(19)14(13)16/h3,5-10H,4H2,1-2H3/b12-3+. The van der Waals surface area contributed by atoms with Gasteiger partial charge in [-0.1, -0.05) is 30.3 Å². The van der Waals surface area contributed by atoms with Crippen molar-refractivity contribution >= 4 is 21.7 Å². The number of hydrogen-bond donors (Lipinski definition) is 0. The van der Waals surface area contributed by atoms with Gasteiger partial charge in [-0.05, 0) is 35.9 Å². The van der Waals surface area contributed by atoms with Gasteiger partial charge in [0, 0.05) is 12.1 Å². The Morgan fingerprint density at radius 1 is 1.40 bits per heavy atom. The summed E-state index contributed by atoms with van der Waals surface area (Å²) in [6.07, 6.45) is 3.40. The van der Waals surface area contributed by atoms with E-state index >= 15 is 0 Å². The fourth-order valence-corrected chi connectivity index (χ4v) is 2.14. The fraction of sp³-hybridized carbons (Fsp3) is 0.200. The third kappa shape index (κ3) is 2.99. The van der Waals surface area contributed by atoms with Gasteiger partial charge in [-0.2, -0.15) is 5.10 Å². The Hall–Kier alpha value is -1.88. The van der Waals surface area contributed by atoms with E-state index in [2.05, 4.69) is 21.0 Å². The van der Waals surface area contributed by atoms with Crippen LogP contribution in [0, 0.1) is 0 Å². The number of allylic oxidation sites excluding steroid dienone is 1. The molecule has 0 aliphatic heterocycles. The van der Waals surface area contributed by atoms with Crippen LogP contribution >= 0.6 is 15.9 Å². The van der Waals surface area contributed by atoms with Crippen LogP contribution in [0.5, 0.6) is 5.75 Å². The van der Waals surface area contributed by atoms with Crippen molar-refractivity contribution in [3.63, 3.8) is 0 Å². The maximum Gasteiger partial charge on any atom is 0.284 e. The first-order valence-electron chi connectivity index (χ1n) is 6.32. The zero-order chi connectivity index (χ0) is 14.5. The Bertz CT molecular complexity index is 678. The van der Waals surface area contributed by atoms with E-state index in [1.165, 1.54) is 4.68 Å². The summed E-state index contributed by atoms with van der Waals surface area (Å²) in [5, 5.41) is 4.06. The number of aryl methyl sites for hydroxylation is 1. The highest BCUT2D eigenvalue weighted by Gasteiger charge is 2.11. The van der Waals surface area contributed by atoms with Crippen LogP contribution in [0.2, 0.25) is 0 Å². The van der Waals surface area contributed by atoms with Crippen LogP contribution in [0.3, 0.4) is 0 Å². The number of nitrogens with zero attached hydrogens (tertiary/aromatic N) is 2. The van der Waals surface area contributed by atoms with Crippen molar-refractivity contribution in [2.45, 2.75) is 20.4 Å². The third-order valence-electron chi connectivity index (χ3n) is 2.79. The number of halogens is 1. The molecule has 0 radical (unpaired) electrons. The Labute approximate surface area is 125 Å². The molecule has 0 bridgehead atoms. The molecule has 0 atom stereocenters. The van der Waals surface area contributed by atoms with Crippen LogP contribution in [-0.2, 0) is 6.54 Å². The van der Waals surface area contributed by atoms with Crippen LogP contribution in [0.15, 0.2) is 51.9 Å². The van der Waals surface area contributed by atoms with Gasteiger partial charge in [0.1, 0.15) is 10.2 Å². The SMILES string of the molecule is C/C=C(/Oc1cnn(CC)c(=O)c1Br)c1ccccc1. The van der Waals surface area contributed by atoms with Crippen molar-refractivity contribution in [1.29, 1.82) is 0 Å². The highest BCUT2D eigenvalue weighted by molar-refractivity contribution is 9.10. The van der Waals surface area contributed by atoms with E-state index in [0.717, 1.165) is 5.56 Å². The molecule has 0 N–H and O–H groups in total. The van der Waals surface area contributed by atoms with Crippen molar-refractivity contribution in [3.8, 4) is 5.75 Å². The number of ether oxygens (including phenoxy) is 1. The van der Waals surface area contributed by atoms with Crippen LogP contribution in [0.25, 0.3) is 5.76 Å². The molecule has 0 amide bonds. The molecule has 1 heterocycles. The number of aromatic nitrogens is 2. The summed E-state index contributed by atoms with van der Waals surface area (Å²) < 4.78 is 7.55. The minimum absolute atomic E-state index is 0.200. The number of hydrogen-bond acceptors (Lipinski definition) is 3. The van der Waals surface area contributed by atoms with Crippen LogP contribution < -0.4 is 10.3 Å². The summed E-state index contributed by atoms with van der Waals surface area (Å²) in [5.74, 6) is 1.10. The van der Waals surface area contributed by atoms with Gasteiger partial charge in [-0.25, -0.2) is 4.68 Å². The average molecular weight is 335 g/mol. The van der Waals surface area contributed by atoms with E-state index in [4.69, 9.17) is 4.74 Å². The maximum absolute atomic E-state index is 12.0. The van der Waals surface area contributed by atoms with E-state index in [1.54, 1.807) is 6.20 Å². The van der Waals surface area contributed by atoms with Gasteiger partial charge in [0.05, 0.1) is 6.20 Å². The van der Waals surface area contributed by atoms with E-state index < -0.39 is 0 Å². The normalized spacial score (nSPS) is 11.4. The maximum atomic E-state index is 12.0. The molecule has 1 aromatic carbocycles. The van der Waals surface area contributed by atoms with Gasteiger partial charge in [0.25, 0.3) is 5.56 Å². The highest BCUT2D eigenvalue weighted by Crippen LogP contribution is 2.25. The largest absolute Gasteiger partial charge is 0.454 e. The lowest BCUT2D eigenvalue weighted by Crippen LogP contribution is -2.22. The lowest BCUT2D eigenvalue weighted by molar-refractivity contribution is 0.491. The Morgan fingerprint density at radius 3 is 2.70 bits per heavy atom. The zero-order valence-corrected chi connectivity index (χ0v) is 12.9. The first-order valence-corrected chi connectivity index (χ1v) is 7.11. The Kier molecular flexibility index (Phi) is 4.74. The Morgan fingerprint density at radius 2 is 2.10 bits per heavy atom. The van der Waals surface area contributed by atoms with Crippen molar-refractivity contribution < 1.29 is 4.74 Å². The molecule has 0 spiro atoms. The van der Waals surface area contributed by atoms with Crippen LogP contribution in [0.4, 0.5) is 0 Å². The van der Waals surface area contributed by atoms with Gasteiger partial charge < -0.3 is 4.74 Å². The van der Waals surface area contributed by atoms with Crippen LogP contribution in [0.1, 0.15) is 19.4 Å². The summed E-state index contributed by atoms with van der Waals surface area (Å²) >= 11 is 3.28. The van der Waals surface area contributed by atoms with Crippen molar-refractivity contribution in [3.05, 3.63) is 63.0 Å². The molecular formula is C15H15BrN2O2. The molecule has 0 saturated carbocycles. The molecule has 0 fully saturated rings. The van der Waals surface area contributed by atoms with Crippen molar-refractivity contribution in [2.24, 2.45) is 0 Å². The van der Waals surface area contributed by atoms with Gasteiger partial charge >= 0.3 is 0 Å². The van der Waals surface area contributed by atoms with E-state index in [1.807, 2.05) is 50.3 Å². The predicted molar refractivity (Wildman–Crippen MR) is 82.6 cm³/mol. The van der Waals surface area contributed by atoms with E-state index in [0.29, 0.717) is 22.5 Å². The van der Waals surface area contributed by atoms with Gasteiger partial charge in [0.2, 0.25) is 0 Å². The molecule has 0 aliphatic rings. The summed E-state index contributed by atoms with van der Waals surface area (Å²) in [7, 11) is 0. The average Bonchev–Trinajstić information content (AvgIpc) is 2.50. The molecule has 4 nitrogen and oxygen atoms in total. The molecule has 20 heavy (non-hydrogen) atoms. The molecule has 2 rings (SSSR count). The van der Waals surface area contributed by atoms with Gasteiger partial charge in [-0.15, -0.1) is 0 Å². The number of benzene rings is 1. The molecule has 104 valence electrons. The topological polar surface area (TPSA) is 44.1 Å². The van der Waals surface area contributed by atoms with Crippen LogP contribution in [-0.4, -0.2) is 9.78 Å². The van der Waals surface area contributed by atoms with E-state index in [-0.39, 0.29) is 5.56 Å². The Balaban J connectivity index is 2.35. The second-order valence-electron chi connectivity index (χ2n) is 4.06. The summed E-state index contributed by atoms with van der Waals surface area (Å²) in [6.45, 7) is 4.27. The fourth-order valence-electron chi connectivity index (χ4n) is 1.75. The molecule has 0 saturated heterocycles. The molecular weight excluding hydrogens is 320 g/mol.